The smallest absolute Gasteiger partial charge is 0.263 e. The summed E-state index contributed by atoms with van der Waals surface area (Å²) in [6, 6.07) is 21.8. The molecule has 0 saturated carbocycles. The molecule has 29 heavy (non-hydrogen) atoms. The second-order valence-electron chi connectivity index (χ2n) is 6.81. The first-order valence-corrected chi connectivity index (χ1v) is 11.1. The number of sulfonamides is 1. The molecule has 0 aliphatic carbocycles. The number of rotatable bonds is 6. The van der Waals surface area contributed by atoms with Crippen molar-refractivity contribution in [1.29, 1.82) is 0 Å². The Bertz CT molecular complexity index is 1260. The van der Waals surface area contributed by atoms with Crippen molar-refractivity contribution in [1.82, 2.24) is 9.55 Å². The van der Waals surface area contributed by atoms with Crippen LogP contribution in [-0.2, 0) is 29.9 Å². The fourth-order valence-electron chi connectivity index (χ4n) is 3.29. The van der Waals surface area contributed by atoms with E-state index in [2.05, 4.69) is 15.4 Å². The average molecular weight is 426 g/mol. The van der Waals surface area contributed by atoms with Crippen LogP contribution in [0.2, 0.25) is 5.02 Å². The summed E-state index contributed by atoms with van der Waals surface area (Å²) in [6.45, 7) is 0. The van der Waals surface area contributed by atoms with Gasteiger partial charge in [0.25, 0.3) is 10.0 Å². The van der Waals surface area contributed by atoms with Crippen LogP contribution in [0.25, 0.3) is 11.0 Å². The Morgan fingerprint density at radius 3 is 2.34 bits per heavy atom. The lowest BCUT2D eigenvalue weighted by molar-refractivity contribution is 0.601. The number of halogens is 1. The van der Waals surface area contributed by atoms with Crippen LogP contribution in [0.15, 0.2) is 77.7 Å². The first kappa shape index (κ1) is 19.5. The highest BCUT2D eigenvalue weighted by Gasteiger charge is 2.17. The van der Waals surface area contributed by atoms with Crippen molar-refractivity contribution in [3.05, 3.63) is 89.2 Å². The summed E-state index contributed by atoms with van der Waals surface area (Å²) in [6.07, 6.45) is 1.62. The van der Waals surface area contributed by atoms with Gasteiger partial charge >= 0.3 is 0 Å². The summed E-state index contributed by atoms with van der Waals surface area (Å²) >= 11 is 6.01. The lowest BCUT2D eigenvalue weighted by Gasteiger charge is -2.10. The van der Waals surface area contributed by atoms with Crippen molar-refractivity contribution >= 4 is 38.3 Å². The van der Waals surface area contributed by atoms with Gasteiger partial charge in [-0.2, -0.15) is 0 Å². The molecule has 0 atom stereocenters. The topological polar surface area (TPSA) is 64.0 Å². The van der Waals surface area contributed by atoms with Gasteiger partial charge in [-0.15, -0.1) is 0 Å². The lowest BCUT2D eigenvalue weighted by atomic mass is 10.1. The molecular weight excluding hydrogens is 406 g/mol. The molecule has 0 fully saturated rings. The third-order valence-electron chi connectivity index (χ3n) is 4.85. The normalized spacial score (nSPS) is 11.7. The molecule has 7 heteroatoms. The van der Waals surface area contributed by atoms with E-state index in [1.54, 1.807) is 30.3 Å². The third kappa shape index (κ3) is 4.13. The van der Waals surface area contributed by atoms with E-state index >= 15 is 0 Å². The summed E-state index contributed by atoms with van der Waals surface area (Å²) in [5.41, 5.74) is 3.72. The van der Waals surface area contributed by atoms with Gasteiger partial charge in [0.05, 0.1) is 16.1 Å². The first-order chi connectivity index (χ1) is 13.9. The summed E-state index contributed by atoms with van der Waals surface area (Å²) in [5, 5.41) is 0.194. The number of para-hydroxylation sites is 2. The fraction of sp³-hybridized carbons (Fsp3) is 0.136. The van der Waals surface area contributed by atoms with E-state index in [1.165, 1.54) is 6.07 Å². The van der Waals surface area contributed by atoms with Crippen LogP contribution in [0, 0.1) is 0 Å². The first-order valence-electron chi connectivity index (χ1n) is 9.21. The van der Waals surface area contributed by atoms with Crippen molar-refractivity contribution in [3.8, 4) is 0 Å². The van der Waals surface area contributed by atoms with Crippen molar-refractivity contribution in [3.63, 3.8) is 0 Å². The Balaban J connectivity index is 1.45. The van der Waals surface area contributed by atoms with E-state index in [-0.39, 0.29) is 9.92 Å². The lowest BCUT2D eigenvalue weighted by Crippen LogP contribution is -2.13. The number of hydrogen-bond acceptors (Lipinski definition) is 3. The Morgan fingerprint density at radius 2 is 1.62 bits per heavy atom. The van der Waals surface area contributed by atoms with Gasteiger partial charge in [-0.25, -0.2) is 13.4 Å². The Kier molecular flexibility index (Phi) is 5.30. The molecule has 0 saturated heterocycles. The minimum absolute atomic E-state index is 0.0626. The standard InChI is InChI=1S/C22H20ClN3O2S/c1-26-20-8-4-3-7-19(20)24-22(26)15-12-16-10-13-17(14-11-16)25-29(27,28)21-9-5-2-6-18(21)23/h2-11,13-14,25H,12,15H2,1H3. The molecule has 5 nitrogen and oxygen atoms in total. The number of imidazole rings is 1. The molecule has 1 heterocycles. The van der Waals surface area contributed by atoms with Crippen LogP contribution < -0.4 is 4.72 Å². The molecule has 0 aliphatic rings. The molecule has 148 valence electrons. The SMILES string of the molecule is Cn1c(CCc2ccc(NS(=O)(=O)c3ccccc3Cl)cc2)nc2ccccc21. The van der Waals surface area contributed by atoms with Gasteiger partial charge in [-0.3, -0.25) is 4.72 Å². The van der Waals surface area contributed by atoms with Gasteiger partial charge in [0.2, 0.25) is 0 Å². The summed E-state index contributed by atoms with van der Waals surface area (Å²) < 4.78 is 29.8. The molecule has 0 amide bonds. The summed E-state index contributed by atoms with van der Waals surface area (Å²) in [4.78, 5) is 4.76. The quantitative estimate of drug-likeness (QED) is 0.482. The molecule has 1 aromatic heterocycles. The summed E-state index contributed by atoms with van der Waals surface area (Å²) in [5.74, 6) is 1.02. The Morgan fingerprint density at radius 1 is 0.931 bits per heavy atom. The van der Waals surface area contributed by atoms with Crippen LogP contribution in [-0.4, -0.2) is 18.0 Å². The predicted octanol–water partition coefficient (Wildman–Crippen LogP) is 4.81. The highest BCUT2D eigenvalue weighted by Crippen LogP contribution is 2.23. The molecule has 0 aliphatic heterocycles. The maximum atomic E-state index is 12.5. The van der Waals surface area contributed by atoms with E-state index in [1.807, 2.05) is 37.4 Å². The van der Waals surface area contributed by atoms with Gasteiger partial charge in [0.1, 0.15) is 10.7 Å². The van der Waals surface area contributed by atoms with Crippen molar-refractivity contribution < 1.29 is 8.42 Å². The maximum Gasteiger partial charge on any atom is 0.263 e. The zero-order valence-corrected chi connectivity index (χ0v) is 17.4. The number of benzene rings is 3. The van der Waals surface area contributed by atoms with E-state index in [0.29, 0.717) is 5.69 Å². The third-order valence-corrected chi connectivity index (χ3v) is 6.73. The fourth-order valence-corrected chi connectivity index (χ4v) is 4.87. The number of hydrogen-bond donors (Lipinski definition) is 1. The molecule has 3 aromatic carbocycles. The van der Waals surface area contributed by atoms with Crippen LogP contribution in [0.1, 0.15) is 11.4 Å². The zero-order chi connectivity index (χ0) is 20.4. The van der Waals surface area contributed by atoms with Crippen molar-refractivity contribution in [2.24, 2.45) is 7.05 Å². The monoisotopic (exact) mass is 425 g/mol. The van der Waals surface area contributed by atoms with Crippen LogP contribution in [0.4, 0.5) is 5.69 Å². The molecule has 0 radical (unpaired) electrons. The number of nitrogens with zero attached hydrogens (tertiary/aromatic N) is 2. The number of aryl methyl sites for hydroxylation is 3. The minimum atomic E-state index is -3.73. The molecule has 0 unspecified atom stereocenters. The van der Waals surface area contributed by atoms with Gasteiger partial charge in [-0.1, -0.05) is 48.0 Å². The maximum absolute atomic E-state index is 12.5. The Hall–Kier alpha value is -2.83. The van der Waals surface area contributed by atoms with E-state index in [4.69, 9.17) is 16.6 Å². The van der Waals surface area contributed by atoms with Gasteiger partial charge < -0.3 is 4.57 Å². The molecule has 4 aromatic rings. The predicted molar refractivity (Wildman–Crippen MR) is 117 cm³/mol. The highest BCUT2D eigenvalue weighted by atomic mass is 35.5. The van der Waals surface area contributed by atoms with E-state index in [0.717, 1.165) is 35.3 Å². The molecular formula is C22H20ClN3O2S. The largest absolute Gasteiger partial charge is 0.331 e. The molecule has 0 spiro atoms. The second kappa shape index (κ2) is 7.89. The number of fused-ring (bicyclic) bond motifs is 1. The highest BCUT2D eigenvalue weighted by molar-refractivity contribution is 7.92. The van der Waals surface area contributed by atoms with Crippen molar-refractivity contribution in [2.75, 3.05) is 4.72 Å². The van der Waals surface area contributed by atoms with Crippen LogP contribution in [0.3, 0.4) is 0 Å². The van der Waals surface area contributed by atoms with Crippen LogP contribution >= 0.6 is 11.6 Å². The van der Waals surface area contributed by atoms with Gasteiger partial charge in [-0.05, 0) is 48.4 Å². The molecule has 1 N–H and O–H groups in total. The van der Waals surface area contributed by atoms with Gasteiger partial charge in [0, 0.05) is 19.2 Å². The van der Waals surface area contributed by atoms with Crippen molar-refractivity contribution in [2.45, 2.75) is 17.7 Å². The van der Waals surface area contributed by atoms with Gasteiger partial charge in [0.15, 0.2) is 0 Å². The zero-order valence-electron chi connectivity index (χ0n) is 15.8. The number of anilines is 1. The van der Waals surface area contributed by atoms with E-state index < -0.39 is 10.0 Å². The van der Waals surface area contributed by atoms with E-state index in [9.17, 15) is 8.42 Å². The number of nitrogens with one attached hydrogen (secondary N) is 1. The molecule has 0 bridgehead atoms. The summed E-state index contributed by atoms with van der Waals surface area (Å²) in [7, 11) is -1.70. The Labute approximate surface area is 175 Å². The minimum Gasteiger partial charge on any atom is -0.331 e. The second-order valence-corrected chi connectivity index (χ2v) is 8.87. The van der Waals surface area contributed by atoms with Crippen LogP contribution in [0.5, 0.6) is 0 Å². The number of aromatic nitrogens is 2. The average Bonchev–Trinajstić information content (AvgIpc) is 3.03. The molecule has 4 rings (SSSR count).